The molecule has 0 aliphatic rings. The van der Waals surface area contributed by atoms with Gasteiger partial charge < -0.3 is 9.40 Å². The molecule has 0 saturated carbocycles. The second-order valence-electron chi connectivity index (χ2n) is 6.19. The van der Waals surface area contributed by atoms with Crippen molar-refractivity contribution in [3.63, 3.8) is 0 Å². The number of hydrogen-bond acceptors (Lipinski definition) is 5. The lowest BCUT2D eigenvalue weighted by atomic mass is 10.1. The lowest BCUT2D eigenvalue weighted by Crippen LogP contribution is -2.10. The number of hydrogen-bond donors (Lipinski definition) is 1. The molecule has 0 fully saturated rings. The van der Waals surface area contributed by atoms with Gasteiger partial charge in [-0.25, -0.2) is 4.98 Å². The predicted molar refractivity (Wildman–Crippen MR) is 117 cm³/mol. The lowest BCUT2D eigenvalue weighted by Gasteiger charge is -2.02. The first-order valence-corrected chi connectivity index (χ1v) is 9.56. The normalized spacial score (nSPS) is 11.8. The number of fused-ring (bicyclic) bond motifs is 1. The fraction of sp³-hybridized carbons (Fsp3) is 0. The number of furan rings is 1. The van der Waals surface area contributed by atoms with Crippen LogP contribution in [0, 0.1) is 10.1 Å². The van der Waals surface area contributed by atoms with Gasteiger partial charge in [0, 0.05) is 22.2 Å². The van der Waals surface area contributed by atoms with Gasteiger partial charge in [0.25, 0.3) is 11.2 Å². The van der Waals surface area contributed by atoms with Gasteiger partial charge in [0.05, 0.1) is 26.4 Å². The molecule has 2 aromatic carbocycles. The zero-order valence-corrected chi connectivity index (χ0v) is 17.1. The number of aromatic amines is 1. The molecular formula is C20H10Cl3N3O4. The maximum absolute atomic E-state index is 12.3. The molecule has 0 bridgehead atoms. The van der Waals surface area contributed by atoms with Gasteiger partial charge in [0.2, 0.25) is 0 Å². The number of rotatable bonds is 4. The first-order chi connectivity index (χ1) is 14.3. The van der Waals surface area contributed by atoms with Crippen molar-refractivity contribution in [2.45, 2.75) is 0 Å². The molecule has 10 heteroatoms. The molecular weight excluding hydrogens is 453 g/mol. The molecule has 0 aliphatic carbocycles. The third kappa shape index (κ3) is 3.95. The van der Waals surface area contributed by atoms with E-state index in [1.807, 2.05) is 0 Å². The van der Waals surface area contributed by atoms with Gasteiger partial charge in [-0.2, -0.15) is 0 Å². The maximum atomic E-state index is 12.3. The highest BCUT2D eigenvalue weighted by Crippen LogP contribution is 2.34. The molecule has 0 radical (unpaired) electrons. The van der Waals surface area contributed by atoms with Crippen LogP contribution < -0.4 is 5.56 Å². The predicted octanol–water partition coefficient (Wildman–Crippen LogP) is 6.14. The van der Waals surface area contributed by atoms with E-state index in [1.54, 1.807) is 30.3 Å². The Morgan fingerprint density at radius 3 is 2.60 bits per heavy atom. The molecule has 0 amide bonds. The minimum Gasteiger partial charge on any atom is -0.456 e. The highest BCUT2D eigenvalue weighted by atomic mass is 35.5. The summed E-state index contributed by atoms with van der Waals surface area (Å²) in [5.74, 6) is 0.709. The average Bonchev–Trinajstić information content (AvgIpc) is 3.15. The Kier molecular flexibility index (Phi) is 5.34. The SMILES string of the molecule is O=c1[nH]c(/C(Cl)=C/c2ccc(-c3ccc(Cl)cc3[N+](=O)[O-])o2)nc2cc(Cl)ccc12. The van der Waals surface area contributed by atoms with Crippen LogP contribution in [-0.2, 0) is 0 Å². The number of benzene rings is 2. The molecule has 0 atom stereocenters. The maximum Gasteiger partial charge on any atom is 0.281 e. The zero-order chi connectivity index (χ0) is 21.4. The summed E-state index contributed by atoms with van der Waals surface area (Å²) < 4.78 is 5.68. The third-order valence-corrected chi connectivity index (χ3v) is 4.97. The number of aromatic nitrogens is 2. The van der Waals surface area contributed by atoms with E-state index in [1.165, 1.54) is 24.3 Å². The smallest absolute Gasteiger partial charge is 0.281 e. The number of nitro groups is 1. The van der Waals surface area contributed by atoms with Crippen LogP contribution in [-0.4, -0.2) is 14.9 Å². The largest absolute Gasteiger partial charge is 0.456 e. The topological polar surface area (TPSA) is 102 Å². The first-order valence-electron chi connectivity index (χ1n) is 8.43. The summed E-state index contributed by atoms with van der Waals surface area (Å²) in [6.45, 7) is 0. The number of nitro benzene ring substituents is 1. The van der Waals surface area contributed by atoms with Crippen LogP contribution in [0.1, 0.15) is 11.6 Å². The van der Waals surface area contributed by atoms with Crippen molar-refractivity contribution in [3.8, 4) is 11.3 Å². The molecule has 2 aromatic heterocycles. The van der Waals surface area contributed by atoms with Gasteiger partial charge in [0.1, 0.15) is 11.5 Å². The molecule has 150 valence electrons. The Bertz CT molecular complexity index is 1390. The second kappa shape index (κ2) is 7.95. The van der Waals surface area contributed by atoms with Crippen LogP contribution >= 0.6 is 34.8 Å². The van der Waals surface area contributed by atoms with Crippen LogP contribution in [0.4, 0.5) is 5.69 Å². The third-order valence-electron chi connectivity index (χ3n) is 4.21. The van der Waals surface area contributed by atoms with Crippen molar-refractivity contribution in [1.29, 1.82) is 0 Å². The van der Waals surface area contributed by atoms with Gasteiger partial charge >= 0.3 is 0 Å². The molecule has 7 nitrogen and oxygen atoms in total. The molecule has 0 saturated heterocycles. The Balaban J connectivity index is 1.72. The van der Waals surface area contributed by atoms with Crippen molar-refractivity contribution in [2.75, 3.05) is 0 Å². The standard InChI is InChI=1S/C20H10Cl3N3O4/c21-10-1-4-13-16(7-10)24-19(25-20(13)27)15(23)9-12-3-6-18(30-12)14-5-2-11(22)8-17(14)26(28)29/h1-9H,(H,24,25,27)/b15-9-. The van der Waals surface area contributed by atoms with Crippen molar-refractivity contribution >= 4 is 62.5 Å². The Hall–Kier alpha value is -3.13. The van der Waals surface area contributed by atoms with E-state index in [2.05, 4.69) is 9.97 Å². The highest BCUT2D eigenvalue weighted by molar-refractivity contribution is 6.50. The number of H-pyrrole nitrogens is 1. The highest BCUT2D eigenvalue weighted by Gasteiger charge is 2.18. The van der Waals surface area contributed by atoms with E-state index in [0.29, 0.717) is 21.7 Å². The van der Waals surface area contributed by atoms with Crippen molar-refractivity contribution in [2.24, 2.45) is 0 Å². The lowest BCUT2D eigenvalue weighted by molar-refractivity contribution is -0.384. The second-order valence-corrected chi connectivity index (χ2v) is 7.47. The van der Waals surface area contributed by atoms with E-state index in [-0.39, 0.29) is 38.4 Å². The quantitative estimate of drug-likeness (QED) is 0.290. The summed E-state index contributed by atoms with van der Waals surface area (Å²) in [6, 6.07) is 12.2. The Morgan fingerprint density at radius 1 is 1.10 bits per heavy atom. The summed E-state index contributed by atoms with van der Waals surface area (Å²) in [6.07, 6.45) is 1.45. The number of halogens is 3. The minimum absolute atomic E-state index is 0.112. The van der Waals surface area contributed by atoms with Crippen LogP contribution in [0.2, 0.25) is 10.0 Å². The van der Waals surface area contributed by atoms with E-state index in [9.17, 15) is 14.9 Å². The van der Waals surface area contributed by atoms with Gasteiger partial charge in [-0.15, -0.1) is 0 Å². The Morgan fingerprint density at radius 2 is 1.83 bits per heavy atom. The summed E-state index contributed by atoms with van der Waals surface area (Å²) >= 11 is 18.1. The number of nitrogens with one attached hydrogen (secondary N) is 1. The van der Waals surface area contributed by atoms with E-state index in [0.717, 1.165) is 0 Å². The van der Waals surface area contributed by atoms with E-state index >= 15 is 0 Å². The first kappa shape index (κ1) is 20.2. The van der Waals surface area contributed by atoms with Crippen molar-refractivity contribution in [3.05, 3.63) is 90.6 Å². The molecule has 0 aliphatic heterocycles. The molecule has 0 unspecified atom stereocenters. The number of nitrogens with zero attached hydrogens (tertiary/aromatic N) is 2. The summed E-state index contributed by atoms with van der Waals surface area (Å²) in [4.78, 5) is 29.9. The molecule has 0 spiro atoms. The fourth-order valence-corrected chi connectivity index (χ4v) is 3.39. The summed E-state index contributed by atoms with van der Waals surface area (Å²) in [5, 5.41) is 12.5. The zero-order valence-electron chi connectivity index (χ0n) is 14.9. The van der Waals surface area contributed by atoms with Gasteiger partial charge in [0.15, 0.2) is 5.82 Å². The van der Waals surface area contributed by atoms with E-state index < -0.39 is 4.92 Å². The van der Waals surface area contributed by atoms with Gasteiger partial charge in [-0.1, -0.05) is 34.8 Å². The monoisotopic (exact) mass is 461 g/mol. The summed E-state index contributed by atoms with van der Waals surface area (Å²) in [7, 11) is 0. The average molecular weight is 463 g/mol. The van der Waals surface area contributed by atoms with Gasteiger partial charge in [-0.3, -0.25) is 14.9 Å². The molecule has 2 heterocycles. The molecule has 30 heavy (non-hydrogen) atoms. The minimum atomic E-state index is -0.541. The Labute approximate surface area is 183 Å². The molecule has 1 N–H and O–H groups in total. The fourth-order valence-electron chi connectivity index (χ4n) is 2.86. The molecule has 4 rings (SSSR count). The van der Waals surface area contributed by atoms with Crippen molar-refractivity contribution < 1.29 is 9.34 Å². The van der Waals surface area contributed by atoms with Crippen LogP contribution in [0.15, 0.2) is 57.7 Å². The van der Waals surface area contributed by atoms with Crippen LogP contribution in [0.3, 0.4) is 0 Å². The molecule has 4 aromatic rings. The van der Waals surface area contributed by atoms with E-state index in [4.69, 9.17) is 39.2 Å². The van der Waals surface area contributed by atoms with Crippen molar-refractivity contribution in [1.82, 2.24) is 9.97 Å². The van der Waals surface area contributed by atoms with Crippen LogP contribution in [0.5, 0.6) is 0 Å². The van der Waals surface area contributed by atoms with Gasteiger partial charge in [-0.05, 0) is 42.5 Å². The van der Waals surface area contributed by atoms with Crippen LogP contribution in [0.25, 0.3) is 33.3 Å². The summed E-state index contributed by atoms with van der Waals surface area (Å²) in [5.41, 5.74) is 0.114.